The van der Waals surface area contributed by atoms with Gasteiger partial charge in [0, 0.05) is 95.3 Å². The van der Waals surface area contributed by atoms with Crippen LogP contribution < -0.4 is 19.6 Å². The van der Waals surface area contributed by atoms with Gasteiger partial charge in [0.05, 0.1) is 0 Å². The van der Waals surface area contributed by atoms with Crippen molar-refractivity contribution in [3.63, 3.8) is 0 Å². The third-order valence-electron chi connectivity index (χ3n) is 26.5. The van der Waals surface area contributed by atoms with Gasteiger partial charge in [-0.25, -0.2) is 0 Å². The zero-order valence-electron chi connectivity index (χ0n) is 66.9. The molecule has 0 saturated heterocycles. The number of benzene rings is 16. The van der Waals surface area contributed by atoms with Crippen LogP contribution in [-0.2, 0) is 27.1 Å². The second-order valence-electron chi connectivity index (χ2n) is 34.9. The first-order valence-corrected chi connectivity index (χ1v) is 40.8. The lowest BCUT2D eigenvalue weighted by Crippen LogP contribution is -2.18. The Bertz CT molecular complexity index is 5900. The van der Waals surface area contributed by atoms with Crippen molar-refractivity contribution in [2.75, 3.05) is 19.6 Å². The van der Waals surface area contributed by atoms with Crippen LogP contribution in [0.5, 0.6) is 0 Å². The van der Waals surface area contributed by atoms with Crippen molar-refractivity contribution in [3.05, 3.63) is 420 Å². The summed E-state index contributed by atoms with van der Waals surface area (Å²) < 4.78 is 0. The molecule has 16 aromatic rings. The van der Waals surface area contributed by atoms with E-state index in [9.17, 15) is 0 Å². The Balaban J connectivity index is 0.733. The van der Waals surface area contributed by atoms with Crippen LogP contribution in [0.25, 0.3) is 77.9 Å². The van der Waals surface area contributed by atoms with Crippen LogP contribution >= 0.6 is 0 Å². The summed E-state index contributed by atoms with van der Waals surface area (Å²) >= 11 is 0. The molecule has 0 N–H and O–H groups in total. The van der Waals surface area contributed by atoms with Gasteiger partial charge in [-0.1, -0.05) is 288 Å². The van der Waals surface area contributed by atoms with E-state index >= 15 is 0 Å². The molecule has 0 spiro atoms. The summed E-state index contributed by atoms with van der Waals surface area (Å²) in [7, 11) is 0. The molecule has 5 aliphatic carbocycles. The second-order valence-corrected chi connectivity index (χ2v) is 34.9. The Morgan fingerprint density at radius 3 is 0.565 bits per heavy atom. The van der Waals surface area contributed by atoms with Gasteiger partial charge in [-0.15, -0.1) is 0 Å². The molecule has 4 heteroatoms. The highest BCUT2D eigenvalue weighted by Crippen LogP contribution is 2.59. The average Bonchev–Trinajstić information content (AvgIpc) is 1.65. The van der Waals surface area contributed by atoms with Crippen molar-refractivity contribution in [2.24, 2.45) is 0 Å². The van der Waals surface area contributed by atoms with E-state index in [-0.39, 0.29) is 21.7 Å². The highest BCUT2D eigenvalue weighted by atomic mass is 15.2. The Hall–Kier alpha value is -13.3. The van der Waals surface area contributed by atoms with E-state index in [1.54, 1.807) is 0 Å². The Labute approximate surface area is 677 Å². The first-order chi connectivity index (χ1) is 55.8. The summed E-state index contributed by atoms with van der Waals surface area (Å²) in [6, 6.07) is 138. The van der Waals surface area contributed by atoms with Crippen molar-refractivity contribution in [2.45, 2.75) is 96.3 Å². The zero-order valence-corrected chi connectivity index (χ0v) is 66.9. The molecule has 0 fully saturated rings. The SMILES string of the molecule is CC1(C)c2cc(-c3cc(N(c4ccccc4)c4ccc5c(c4)C(C)(C)c4ccccc4-5)cc(N(c4ccccc4)c4ccc5c(c4)C(C)(C)c4ccccc4-5)c3)ccc2-c2ccc(-c3cc(N(c4ccccc4)c4ccc5c(c4)C(C)(C)c4ccccc4-5)cc(N(c4ccccc4)c4ccc5c(c4)C(C)(C)c4ccccc4-5)c3)cc21. The summed E-state index contributed by atoms with van der Waals surface area (Å²) in [5.74, 6) is 0. The molecule has 4 nitrogen and oxygen atoms in total. The molecule has 0 aliphatic heterocycles. The zero-order chi connectivity index (χ0) is 78.0. The quantitative estimate of drug-likeness (QED) is 0.108. The van der Waals surface area contributed by atoms with Gasteiger partial charge in [0.15, 0.2) is 0 Å². The third kappa shape index (κ3) is 10.9. The third-order valence-corrected chi connectivity index (χ3v) is 26.5. The molecule has 21 rings (SSSR count). The van der Waals surface area contributed by atoms with Gasteiger partial charge in [0.25, 0.3) is 0 Å². The molecule has 0 bridgehead atoms. The largest absolute Gasteiger partial charge is 0.310 e. The van der Waals surface area contributed by atoms with Gasteiger partial charge >= 0.3 is 0 Å². The van der Waals surface area contributed by atoms with Gasteiger partial charge in [0.1, 0.15) is 0 Å². The molecule has 0 atom stereocenters. The van der Waals surface area contributed by atoms with Crippen LogP contribution in [0.1, 0.15) is 125 Å². The maximum absolute atomic E-state index is 2.52. The van der Waals surface area contributed by atoms with Gasteiger partial charge in [-0.3, -0.25) is 0 Å². The maximum Gasteiger partial charge on any atom is 0.0488 e. The predicted octanol–water partition coefficient (Wildman–Crippen LogP) is 30.4. The lowest BCUT2D eigenvalue weighted by atomic mass is 9.80. The van der Waals surface area contributed by atoms with Crippen LogP contribution in [0.2, 0.25) is 0 Å². The van der Waals surface area contributed by atoms with E-state index in [1.807, 2.05) is 0 Å². The van der Waals surface area contributed by atoms with E-state index in [0.717, 1.165) is 90.5 Å². The highest BCUT2D eigenvalue weighted by molar-refractivity contribution is 5.96. The minimum atomic E-state index is -0.414. The van der Waals surface area contributed by atoms with Gasteiger partial charge in [-0.05, 0) is 279 Å². The topological polar surface area (TPSA) is 13.0 Å². The van der Waals surface area contributed by atoms with E-state index in [2.05, 4.69) is 453 Å². The van der Waals surface area contributed by atoms with Crippen molar-refractivity contribution in [3.8, 4) is 77.9 Å². The molecule has 16 aromatic carbocycles. The molecular formula is C111H90N4. The summed E-state index contributed by atoms with van der Waals surface area (Å²) in [5, 5.41) is 0. The number of hydrogen-bond donors (Lipinski definition) is 0. The van der Waals surface area contributed by atoms with Crippen LogP contribution in [0.3, 0.4) is 0 Å². The Kier molecular flexibility index (Phi) is 15.7. The summed E-state index contributed by atoms with van der Waals surface area (Å²) in [5.41, 5.74) is 42.6. The van der Waals surface area contributed by atoms with Gasteiger partial charge in [-0.2, -0.15) is 0 Å². The Morgan fingerprint density at radius 1 is 0.130 bits per heavy atom. The fraction of sp³-hybridized carbons (Fsp3) is 0.135. The standard InChI is InChI=1S/C111H90N4/c1-107(2)97-43-27-23-39-87(97)93-55-49-79(67-103(93)107)112(75-31-15-11-16-32-75)83-59-73(60-84(65-83)113(76-33-17-12-18-34-76)80-50-56-94-88-40-24-28-44-98(88)108(3,4)104(94)68-80)71-47-53-91-92-54-48-72(64-102(92)111(9,10)101(91)63-71)74-61-85(114(77-35-19-13-20-36-77)81-51-57-95-89-41-25-29-45-99(89)109(5,6)105(95)69-81)66-86(62-74)115(78-37-21-14-22-38-78)82-52-58-96-90-42-26-30-46-100(90)110(7,8)106(96)70-82/h11-70H,1-10H3. The predicted molar refractivity (Wildman–Crippen MR) is 484 cm³/mol. The van der Waals surface area contributed by atoms with Crippen molar-refractivity contribution < 1.29 is 0 Å². The van der Waals surface area contributed by atoms with E-state index < -0.39 is 5.41 Å². The number of para-hydroxylation sites is 4. The van der Waals surface area contributed by atoms with Crippen molar-refractivity contribution in [1.82, 2.24) is 0 Å². The summed E-state index contributed by atoms with van der Waals surface area (Å²) in [6.45, 7) is 24.0. The fourth-order valence-corrected chi connectivity index (χ4v) is 20.6. The van der Waals surface area contributed by atoms with Crippen LogP contribution in [0.4, 0.5) is 68.2 Å². The van der Waals surface area contributed by atoms with Crippen molar-refractivity contribution >= 4 is 68.2 Å². The monoisotopic (exact) mass is 1480 g/mol. The van der Waals surface area contributed by atoms with Gasteiger partial charge < -0.3 is 19.6 Å². The molecule has 115 heavy (non-hydrogen) atoms. The second kappa shape index (κ2) is 25.9. The molecular weight excluding hydrogens is 1390 g/mol. The van der Waals surface area contributed by atoms with Crippen LogP contribution in [0.15, 0.2) is 364 Å². The smallest absolute Gasteiger partial charge is 0.0488 e. The summed E-state index contributed by atoms with van der Waals surface area (Å²) in [4.78, 5) is 9.95. The van der Waals surface area contributed by atoms with E-state index in [1.165, 1.54) is 111 Å². The fourth-order valence-electron chi connectivity index (χ4n) is 20.6. The Morgan fingerprint density at radius 2 is 0.322 bits per heavy atom. The lowest BCUT2D eigenvalue weighted by Gasteiger charge is -2.32. The van der Waals surface area contributed by atoms with Crippen molar-refractivity contribution in [1.29, 1.82) is 0 Å². The molecule has 0 saturated carbocycles. The number of fused-ring (bicyclic) bond motifs is 15. The van der Waals surface area contributed by atoms with Crippen LogP contribution in [0, 0.1) is 0 Å². The first-order valence-electron chi connectivity index (χ1n) is 40.8. The molecule has 0 aromatic heterocycles. The first kappa shape index (κ1) is 69.6. The maximum atomic E-state index is 2.52. The number of nitrogens with zero attached hydrogens (tertiary/aromatic N) is 4. The molecule has 0 amide bonds. The normalized spacial score (nSPS) is 14.9. The van der Waals surface area contributed by atoms with Gasteiger partial charge in [0.2, 0.25) is 0 Å². The minimum Gasteiger partial charge on any atom is -0.310 e. The van der Waals surface area contributed by atoms with Crippen LogP contribution in [-0.4, -0.2) is 0 Å². The number of rotatable bonds is 14. The lowest BCUT2D eigenvalue weighted by molar-refractivity contribution is 0.660. The molecule has 5 aliphatic rings. The minimum absolute atomic E-state index is 0.206. The molecule has 0 unspecified atom stereocenters. The molecule has 0 heterocycles. The van der Waals surface area contributed by atoms with E-state index in [4.69, 9.17) is 0 Å². The summed E-state index contributed by atoms with van der Waals surface area (Å²) in [6.07, 6.45) is 0. The highest BCUT2D eigenvalue weighted by Gasteiger charge is 2.42. The number of hydrogen-bond acceptors (Lipinski definition) is 4. The van der Waals surface area contributed by atoms with E-state index in [0.29, 0.717) is 0 Å². The molecule has 554 valence electrons. The molecule has 0 radical (unpaired) electrons. The average molecular weight is 1480 g/mol. The number of anilines is 12.